The minimum Gasteiger partial charge on any atom is -0.288 e. The van der Waals surface area contributed by atoms with E-state index in [0.717, 1.165) is 0 Å². The van der Waals surface area contributed by atoms with Crippen molar-refractivity contribution in [3.63, 3.8) is 0 Å². The zero-order chi connectivity index (χ0) is 13.0. The van der Waals surface area contributed by atoms with Gasteiger partial charge in [-0.15, -0.1) is 5.10 Å². The number of carbonyl (C=O) groups excluding carboxylic acids is 1. The molecule has 0 aliphatic carbocycles. The van der Waals surface area contributed by atoms with Crippen molar-refractivity contribution in [2.45, 2.75) is 0 Å². The number of nitrogens with zero attached hydrogens (tertiary/aromatic N) is 3. The van der Waals surface area contributed by atoms with Crippen LogP contribution in [-0.4, -0.2) is 26.5 Å². The maximum atomic E-state index is 11.5. The van der Waals surface area contributed by atoms with Gasteiger partial charge in [-0.1, -0.05) is 34.4 Å². The number of H-pyrrole nitrogens is 1. The Morgan fingerprint density at radius 3 is 2.67 bits per heavy atom. The highest BCUT2D eigenvalue weighted by molar-refractivity contribution is 6.37. The van der Waals surface area contributed by atoms with Crippen molar-refractivity contribution in [3.8, 4) is 0 Å². The van der Waals surface area contributed by atoms with Crippen molar-refractivity contribution in [1.29, 1.82) is 0 Å². The maximum absolute atomic E-state index is 11.5. The molecule has 6 nitrogen and oxygen atoms in total. The first-order chi connectivity index (χ1) is 8.66. The fourth-order valence-electron chi connectivity index (χ4n) is 1.20. The lowest BCUT2D eigenvalue weighted by Crippen LogP contribution is -2.09. The predicted molar refractivity (Wildman–Crippen MR) is 68.3 cm³/mol. The summed E-state index contributed by atoms with van der Waals surface area (Å²) in [5.74, 6) is -0.317. The molecule has 0 saturated heterocycles. The Morgan fingerprint density at radius 2 is 2.06 bits per heavy atom. The van der Waals surface area contributed by atoms with Crippen LogP contribution in [0.15, 0.2) is 24.3 Å². The van der Waals surface area contributed by atoms with Gasteiger partial charge < -0.3 is 0 Å². The van der Waals surface area contributed by atoms with Crippen molar-refractivity contribution in [2.75, 3.05) is 5.32 Å². The topological polar surface area (TPSA) is 83.6 Å². The zero-order valence-electron chi connectivity index (χ0n) is 8.89. The van der Waals surface area contributed by atoms with Crippen LogP contribution in [0.5, 0.6) is 0 Å². The fraction of sp³-hybridized carbons (Fsp3) is 0. The van der Waals surface area contributed by atoms with E-state index >= 15 is 0 Å². The van der Waals surface area contributed by atoms with Crippen molar-refractivity contribution < 1.29 is 4.79 Å². The van der Waals surface area contributed by atoms with Gasteiger partial charge in [0.2, 0.25) is 0 Å². The predicted octanol–water partition coefficient (Wildman–Crippen LogP) is 2.16. The van der Waals surface area contributed by atoms with Gasteiger partial charge in [0, 0.05) is 21.7 Å². The van der Waals surface area contributed by atoms with Gasteiger partial charge in [0.1, 0.15) is 0 Å². The molecule has 2 aromatic rings. The molecule has 1 aromatic heterocycles. The minimum atomic E-state index is -0.410. The van der Waals surface area contributed by atoms with Crippen molar-refractivity contribution in [3.05, 3.63) is 39.9 Å². The summed E-state index contributed by atoms with van der Waals surface area (Å²) in [4.78, 5) is 11.5. The van der Waals surface area contributed by atoms with Gasteiger partial charge in [0.05, 0.1) is 0 Å². The highest BCUT2D eigenvalue weighted by Gasteiger charge is 2.04. The van der Waals surface area contributed by atoms with Gasteiger partial charge in [-0.3, -0.25) is 10.1 Å². The third-order valence-electron chi connectivity index (χ3n) is 1.98. The number of benzene rings is 1. The SMILES string of the molecule is O=C(/C=C\c1c(Cl)cccc1Cl)Nc1nn[nH]n1. The summed E-state index contributed by atoms with van der Waals surface area (Å²) in [6, 6.07) is 5.09. The van der Waals surface area contributed by atoms with Gasteiger partial charge >= 0.3 is 0 Å². The Bertz CT molecular complexity index is 562. The number of carbonyl (C=O) groups is 1. The maximum Gasteiger partial charge on any atom is 0.270 e. The van der Waals surface area contributed by atoms with Crippen LogP contribution in [0.25, 0.3) is 6.08 Å². The van der Waals surface area contributed by atoms with Crippen LogP contribution in [0, 0.1) is 0 Å². The summed E-state index contributed by atoms with van der Waals surface area (Å²) in [6.45, 7) is 0. The molecule has 0 spiro atoms. The number of rotatable bonds is 3. The van der Waals surface area contributed by atoms with Crippen LogP contribution < -0.4 is 5.32 Å². The first-order valence-electron chi connectivity index (χ1n) is 4.83. The first kappa shape index (κ1) is 12.5. The summed E-state index contributed by atoms with van der Waals surface area (Å²) in [5.41, 5.74) is 0.573. The van der Waals surface area contributed by atoms with E-state index in [-0.39, 0.29) is 5.95 Å². The number of aromatic nitrogens is 4. The van der Waals surface area contributed by atoms with E-state index in [2.05, 4.69) is 25.9 Å². The number of aromatic amines is 1. The molecule has 0 unspecified atom stereocenters. The number of anilines is 1. The lowest BCUT2D eigenvalue weighted by atomic mass is 10.2. The van der Waals surface area contributed by atoms with Crippen molar-refractivity contribution in [1.82, 2.24) is 20.6 Å². The first-order valence-corrected chi connectivity index (χ1v) is 5.59. The van der Waals surface area contributed by atoms with E-state index in [1.54, 1.807) is 18.2 Å². The van der Waals surface area contributed by atoms with Gasteiger partial charge in [-0.25, -0.2) is 0 Å². The average molecular weight is 284 g/mol. The minimum absolute atomic E-state index is 0.0925. The summed E-state index contributed by atoms with van der Waals surface area (Å²) in [5, 5.41) is 16.0. The van der Waals surface area contributed by atoms with Crippen molar-refractivity contribution >= 4 is 41.1 Å². The van der Waals surface area contributed by atoms with E-state index in [1.165, 1.54) is 12.2 Å². The molecular formula is C10H7Cl2N5O. The number of nitrogens with one attached hydrogen (secondary N) is 2. The summed E-state index contributed by atoms with van der Waals surface area (Å²) in [7, 11) is 0. The Labute approximate surface area is 112 Å². The third-order valence-corrected chi connectivity index (χ3v) is 2.64. The molecule has 0 bridgehead atoms. The fourth-order valence-corrected chi connectivity index (χ4v) is 1.72. The second kappa shape index (κ2) is 5.61. The molecular weight excluding hydrogens is 277 g/mol. The van der Waals surface area contributed by atoms with Gasteiger partial charge in [0.15, 0.2) is 0 Å². The van der Waals surface area contributed by atoms with Crippen LogP contribution >= 0.6 is 23.2 Å². The molecule has 0 fully saturated rings. The normalized spacial score (nSPS) is 10.8. The van der Waals surface area contributed by atoms with Crippen LogP contribution in [0.4, 0.5) is 5.95 Å². The summed E-state index contributed by atoms with van der Waals surface area (Å²) in [6.07, 6.45) is 2.80. The van der Waals surface area contributed by atoms with Gasteiger partial charge in [-0.2, -0.15) is 5.21 Å². The van der Waals surface area contributed by atoms with E-state index in [4.69, 9.17) is 23.2 Å². The second-order valence-electron chi connectivity index (χ2n) is 3.19. The van der Waals surface area contributed by atoms with E-state index in [9.17, 15) is 4.79 Å². The number of hydrogen-bond acceptors (Lipinski definition) is 4. The molecule has 1 amide bonds. The molecule has 0 saturated carbocycles. The second-order valence-corrected chi connectivity index (χ2v) is 4.01. The van der Waals surface area contributed by atoms with Crippen LogP contribution in [-0.2, 0) is 4.79 Å². The van der Waals surface area contributed by atoms with Crippen LogP contribution in [0.3, 0.4) is 0 Å². The largest absolute Gasteiger partial charge is 0.288 e. The summed E-state index contributed by atoms with van der Waals surface area (Å²) >= 11 is 11.9. The molecule has 2 N–H and O–H groups in total. The molecule has 92 valence electrons. The quantitative estimate of drug-likeness (QED) is 0.846. The molecule has 0 atom stereocenters. The molecule has 1 heterocycles. The summed E-state index contributed by atoms with van der Waals surface area (Å²) < 4.78 is 0. The number of halogens is 2. The Hall–Kier alpha value is -1.92. The van der Waals surface area contributed by atoms with Gasteiger partial charge in [-0.05, 0) is 23.4 Å². The number of amides is 1. The molecule has 1 aromatic carbocycles. The Balaban J connectivity index is 2.09. The Kier molecular flexibility index (Phi) is 3.91. The highest BCUT2D eigenvalue weighted by Crippen LogP contribution is 2.25. The lowest BCUT2D eigenvalue weighted by Gasteiger charge is -2.00. The monoisotopic (exact) mass is 283 g/mol. The highest BCUT2D eigenvalue weighted by atomic mass is 35.5. The van der Waals surface area contributed by atoms with Gasteiger partial charge in [0.25, 0.3) is 11.9 Å². The number of hydrogen-bond donors (Lipinski definition) is 2. The average Bonchev–Trinajstić information content (AvgIpc) is 2.81. The third kappa shape index (κ3) is 3.06. The molecule has 8 heteroatoms. The van der Waals surface area contributed by atoms with E-state index < -0.39 is 5.91 Å². The molecule has 0 radical (unpaired) electrons. The Morgan fingerprint density at radius 1 is 1.33 bits per heavy atom. The number of tetrazole rings is 1. The van der Waals surface area contributed by atoms with E-state index in [1.807, 2.05) is 0 Å². The molecule has 0 aliphatic heterocycles. The molecule has 18 heavy (non-hydrogen) atoms. The standard InChI is InChI=1S/C10H7Cl2N5O/c11-7-2-1-3-8(12)6(7)4-5-9(18)13-10-14-16-17-15-10/h1-5H,(H2,13,14,15,16,17,18)/b5-4-. The zero-order valence-corrected chi connectivity index (χ0v) is 10.4. The lowest BCUT2D eigenvalue weighted by molar-refractivity contribution is -0.111. The molecule has 2 rings (SSSR count). The van der Waals surface area contributed by atoms with Crippen LogP contribution in [0.2, 0.25) is 10.0 Å². The van der Waals surface area contributed by atoms with Crippen molar-refractivity contribution in [2.24, 2.45) is 0 Å². The van der Waals surface area contributed by atoms with Crippen LogP contribution in [0.1, 0.15) is 5.56 Å². The van der Waals surface area contributed by atoms with E-state index in [0.29, 0.717) is 15.6 Å². The smallest absolute Gasteiger partial charge is 0.270 e. The molecule has 0 aliphatic rings.